The summed E-state index contributed by atoms with van der Waals surface area (Å²) >= 11 is 0. The molecule has 14 rings (SSSR count). The van der Waals surface area contributed by atoms with Crippen molar-refractivity contribution < 1.29 is 4.74 Å². The first kappa shape index (κ1) is 43.1. The van der Waals surface area contributed by atoms with E-state index in [0.29, 0.717) is 0 Å². The highest BCUT2D eigenvalue weighted by molar-refractivity contribution is 6.10. The topological polar surface area (TPSA) is 17.4 Å². The van der Waals surface area contributed by atoms with Gasteiger partial charge in [0.25, 0.3) is 0 Å². The molecular formula is C71H48N2O. The Balaban J connectivity index is 0.901. The first-order valence-corrected chi connectivity index (χ1v) is 25.3. The van der Waals surface area contributed by atoms with Crippen molar-refractivity contribution in [3.05, 3.63) is 307 Å². The van der Waals surface area contributed by atoms with Gasteiger partial charge < -0.3 is 14.2 Å². The van der Waals surface area contributed by atoms with Gasteiger partial charge in [0, 0.05) is 33.5 Å². The van der Waals surface area contributed by atoms with Crippen molar-refractivity contribution in [2.45, 2.75) is 5.41 Å². The van der Waals surface area contributed by atoms with E-state index in [1.807, 2.05) is 30.3 Å². The van der Waals surface area contributed by atoms with Gasteiger partial charge in [-0.25, -0.2) is 0 Å². The largest absolute Gasteiger partial charge is 0.457 e. The summed E-state index contributed by atoms with van der Waals surface area (Å²) in [7, 11) is 0. The molecule has 1 heterocycles. The van der Waals surface area contributed by atoms with Crippen LogP contribution in [-0.2, 0) is 5.41 Å². The Morgan fingerprint density at radius 2 is 0.919 bits per heavy atom. The van der Waals surface area contributed by atoms with Gasteiger partial charge in [0.15, 0.2) is 0 Å². The van der Waals surface area contributed by atoms with Gasteiger partial charge in [0.05, 0.1) is 16.4 Å². The lowest BCUT2D eigenvalue weighted by atomic mass is 9.67. The standard InChI is InChI=1S/C71H48N2O/c1-2-48-25-37-61(38-26-48)74-62-39-32-56(33-40-62)71(55-17-5-3-6-18-55)67-23-13-11-21-63(67)64-41-36-60(47-68(64)71)72(58-34-29-49-15-9-10-16-50(49)44-58)59-35-30-52-43-51(27-28-53(52)45-59)54-31-42-70-66(46-54)65-22-12-14-24-69(65)73(70)57-19-7-4-8-20-57/h2-47H,1H2. The van der Waals surface area contributed by atoms with Crippen LogP contribution in [0.15, 0.2) is 280 Å². The zero-order chi connectivity index (χ0) is 49.2. The summed E-state index contributed by atoms with van der Waals surface area (Å²) in [4.78, 5) is 2.43. The molecule has 13 aromatic rings. The molecule has 0 radical (unpaired) electrons. The fourth-order valence-corrected chi connectivity index (χ4v) is 11.8. The molecule has 0 amide bonds. The average molecular weight is 945 g/mol. The number of fused-ring (bicyclic) bond motifs is 8. The molecule has 0 fully saturated rings. The maximum absolute atomic E-state index is 6.41. The van der Waals surface area contributed by atoms with E-state index >= 15 is 0 Å². The third-order valence-electron chi connectivity index (χ3n) is 15.2. The second-order valence-electron chi connectivity index (χ2n) is 19.3. The molecule has 0 aliphatic heterocycles. The summed E-state index contributed by atoms with van der Waals surface area (Å²) in [5.41, 5.74) is 17.0. The molecule has 0 spiro atoms. The van der Waals surface area contributed by atoms with Crippen LogP contribution in [0, 0.1) is 0 Å². The van der Waals surface area contributed by atoms with E-state index in [2.05, 4.69) is 265 Å². The molecule has 1 unspecified atom stereocenters. The van der Waals surface area contributed by atoms with Crippen LogP contribution in [0.4, 0.5) is 17.1 Å². The molecule has 1 atom stereocenters. The van der Waals surface area contributed by atoms with Crippen LogP contribution in [0.25, 0.3) is 77.4 Å². The number of benzene rings is 12. The molecule has 3 nitrogen and oxygen atoms in total. The average Bonchev–Trinajstić information content (AvgIpc) is 3.99. The first-order valence-electron chi connectivity index (χ1n) is 25.3. The zero-order valence-corrected chi connectivity index (χ0v) is 40.6. The van der Waals surface area contributed by atoms with Crippen LogP contribution in [0.5, 0.6) is 11.5 Å². The molecule has 12 aromatic carbocycles. The summed E-state index contributed by atoms with van der Waals surface area (Å²) in [5, 5.41) is 7.25. The van der Waals surface area contributed by atoms with Gasteiger partial charge in [0.2, 0.25) is 0 Å². The molecule has 3 heteroatoms. The fraction of sp³-hybridized carbons (Fsp3) is 0.0141. The van der Waals surface area contributed by atoms with E-state index in [9.17, 15) is 0 Å². The highest BCUT2D eigenvalue weighted by Gasteiger charge is 2.46. The van der Waals surface area contributed by atoms with Gasteiger partial charge in [-0.1, -0.05) is 189 Å². The number of para-hydroxylation sites is 2. The van der Waals surface area contributed by atoms with Gasteiger partial charge in [0.1, 0.15) is 11.5 Å². The molecular weight excluding hydrogens is 897 g/mol. The van der Waals surface area contributed by atoms with Crippen molar-refractivity contribution in [1.82, 2.24) is 4.57 Å². The van der Waals surface area contributed by atoms with Crippen molar-refractivity contribution in [3.63, 3.8) is 0 Å². The quantitative estimate of drug-likeness (QED) is 0.136. The Morgan fingerprint density at radius 3 is 1.70 bits per heavy atom. The molecule has 0 N–H and O–H groups in total. The molecule has 0 saturated carbocycles. The third kappa shape index (κ3) is 7.04. The van der Waals surface area contributed by atoms with E-state index in [0.717, 1.165) is 39.8 Å². The van der Waals surface area contributed by atoms with Crippen LogP contribution < -0.4 is 9.64 Å². The summed E-state index contributed by atoms with van der Waals surface area (Å²) < 4.78 is 8.79. The third-order valence-corrected chi connectivity index (χ3v) is 15.2. The van der Waals surface area contributed by atoms with E-state index in [-0.39, 0.29) is 0 Å². The van der Waals surface area contributed by atoms with Crippen molar-refractivity contribution >= 4 is 66.5 Å². The van der Waals surface area contributed by atoms with E-state index in [1.165, 1.54) is 87.9 Å². The second kappa shape index (κ2) is 17.6. The van der Waals surface area contributed by atoms with Crippen LogP contribution in [-0.4, -0.2) is 4.57 Å². The Labute approximate surface area is 430 Å². The summed E-state index contributed by atoms with van der Waals surface area (Å²) in [6.45, 7) is 3.91. The number of aromatic nitrogens is 1. The lowest BCUT2D eigenvalue weighted by Crippen LogP contribution is -2.28. The molecule has 1 aliphatic rings. The van der Waals surface area contributed by atoms with Crippen molar-refractivity contribution in [1.29, 1.82) is 0 Å². The van der Waals surface area contributed by atoms with Crippen LogP contribution >= 0.6 is 0 Å². The minimum atomic E-state index is -0.623. The summed E-state index contributed by atoms with van der Waals surface area (Å²) in [5.74, 6) is 1.56. The second-order valence-corrected chi connectivity index (χ2v) is 19.3. The highest BCUT2D eigenvalue weighted by atomic mass is 16.5. The molecule has 74 heavy (non-hydrogen) atoms. The van der Waals surface area contributed by atoms with E-state index in [4.69, 9.17) is 4.74 Å². The number of hydrogen-bond acceptors (Lipinski definition) is 2. The monoisotopic (exact) mass is 944 g/mol. The number of ether oxygens (including phenoxy) is 1. The minimum Gasteiger partial charge on any atom is -0.457 e. The van der Waals surface area contributed by atoms with Gasteiger partial charge in [-0.15, -0.1) is 0 Å². The Hall–Kier alpha value is -9.70. The molecule has 0 bridgehead atoms. The van der Waals surface area contributed by atoms with Gasteiger partial charge in [-0.05, 0) is 169 Å². The highest BCUT2D eigenvalue weighted by Crippen LogP contribution is 2.57. The van der Waals surface area contributed by atoms with Crippen molar-refractivity contribution in [2.75, 3.05) is 4.90 Å². The Bertz CT molecular complexity index is 4290. The number of nitrogens with zero attached hydrogens (tertiary/aromatic N) is 2. The van der Waals surface area contributed by atoms with Gasteiger partial charge in [-0.2, -0.15) is 0 Å². The molecule has 348 valence electrons. The number of rotatable bonds is 10. The van der Waals surface area contributed by atoms with E-state index in [1.54, 1.807) is 0 Å². The fourth-order valence-electron chi connectivity index (χ4n) is 11.8. The lowest BCUT2D eigenvalue weighted by Gasteiger charge is -2.35. The SMILES string of the molecule is C=Cc1ccc(Oc2ccc(C3(c4ccccc4)c4ccccc4-c4ccc(N(c5ccc6ccccc6c5)c5ccc6cc(-c7ccc8c(c7)c7ccccc7n8-c7ccccc7)ccc6c5)cc43)cc2)cc1. The number of anilines is 3. The van der Waals surface area contributed by atoms with E-state index < -0.39 is 5.41 Å². The van der Waals surface area contributed by atoms with Crippen molar-refractivity contribution in [2.24, 2.45) is 0 Å². The van der Waals surface area contributed by atoms with Crippen LogP contribution in [0.1, 0.15) is 27.8 Å². The predicted molar refractivity (Wildman–Crippen MR) is 310 cm³/mol. The minimum absolute atomic E-state index is 0.623. The smallest absolute Gasteiger partial charge is 0.127 e. The Kier molecular flexibility index (Phi) is 10.2. The lowest BCUT2D eigenvalue weighted by molar-refractivity contribution is 0.482. The normalized spacial score (nSPS) is 13.8. The molecule has 1 aliphatic carbocycles. The molecule has 0 saturated heterocycles. The van der Waals surface area contributed by atoms with Crippen molar-refractivity contribution in [3.8, 4) is 39.4 Å². The maximum atomic E-state index is 6.41. The summed E-state index contributed by atoms with van der Waals surface area (Å²) in [6, 6.07) is 99.3. The first-order chi connectivity index (χ1) is 36.6. The number of hydrogen-bond donors (Lipinski definition) is 0. The molecule has 1 aromatic heterocycles. The van der Waals surface area contributed by atoms with Gasteiger partial charge >= 0.3 is 0 Å². The zero-order valence-electron chi connectivity index (χ0n) is 40.6. The predicted octanol–water partition coefficient (Wildman–Crippen LogP) is 19.0. The van der Waals surface area contributed by atoms with Crippen LogP contribution in [0.2, 0.25) is 0 Å². The maximum Gasteiger partial charge on any atom is 0.127 e. The van der Waals surface area contributed by atoms with Gasteiger partial charge in [-0.3, -0.25) is 0 Å². The Morgan fingerprint density at radius 1 is 0.378 bits per heavy atom. The van der Waals surface area contributed by atoms with Crippen LogP contribution in [0.3, 0.4) is 0 Å². The summed E-state index contributed by atoms with van der Waals surface area (Å²) in [6.07, 6.45) is 1.84.